The van der Waals surface area contributed by atoms with Crippen LogP contribution in [-0.4, -0.2) is 52.9 Å². The molecule has 1 aliphatic rings. The summed E-state index contributed by atoms with van der Waals surface area (Å²) in [6.45, 7) is 1.41. The SMILES string of the molecule is CC(C(=O)N1CCN(C)S1(=O)=O)n1ccc(C(F)(F)F)n1. The molecule has 1 unspecified atom stereocenters. The molecule has 0 N–H and O–H groups in total. The lowest BCUT2D eigenvalue weighted by Gasteiger charge is -2.20. The summed E-state index contributed by atoms with van der Waals surface area (Å²) in [7, 11) is -2.56. The van der Waals surface area contributed by atoms with E-state index >= 15 is 0 Å². The van der Waals surface area contributed by atoms with Gasteiger partial charge in [-0.1, -0.05) is 0 Å². The highest BCUT2D eigenvalue weighted by atomic mass is 32.2. The van der Waals surface area contributed by atoms with Gasteiger partial charge in [0.1, 0.15) is 6.04 Å². The third-order valence-electron chi connectivity index (χ3n) is 3.19. The van der Waals surface area contributed by atoms with E-state index < -0.39 is 34.0 Å². The highest BCUT2D eigenvalue weighted by Crippen LogP contribution is 2.28. The van der Waals surface area contributed by atoms with Gasteiger partial charge in [-0.15, -0.1) is 0 Å². The fourth-order valence-electron chi connectivity index (χ4n) is 1.88. The molecule has 1 atom stereocenters. The molecule has 7 nitrogen and oxygen atoms in total. The lowest BCUT2D eigenvalue weighted by molar-refractivity contribution is -0.142. The molecule has 1 saturated heterocycles. The summed E-state index contributed by atoms with van der Waals surface area (Å²) in [4.78, 5) is 12.1. The van der Waals surface area contributed by atoms with Crippen molar-refractivity contribution in [3.8, 4) is 0 Å². The van der Waals surface area contributed by atoms with E-state index in [1.54, 1.807) is 0 Å². The number of nitrogens with zero attached hydrogens (tertiary/aromatic N) is 4. The standard InChI is InChI=1S/C10H13F3N4O3S/c1-7(16-4-3-8(14-16)10(11,12)13)9(18)17-6-5-15(2)21(17,19)20/h3-4,7H,5-6H2,1-2H3. The first-order valence-corrected chi connectivity index (χ1v) is 7.35. The van der Waals surface area contributed by atoms with Crippen molar-refractivity contribution in [3.63, 3.8) is 0 Å². The van der Waals surface area contributed by atoms with Crippen molar-refractivity contribution < 1.29 is 26.4 Å². The number of carbonyl (C=O) groups is 1. The molecule has 0 spiro atoms. The molecule has 2 heterocycles. The first-order chi connectivity index (χ1) is 9.55. The first kappa shape index (κ1) is 15.8. The Labute approximate surface area is 119 Å². The first-order valence-electron chi connectivity index (χ1n) is 5.95. The van der Waals surface area contributed by atoms with Crippen molar-refractivity contribution in [1.29, 1.82) is 0 Å². The zero-order valence-electron chi connectivity index (χ0n) is 11.2. The van der Waals surface area contributed by atoms with Crippen LogP contribution in [-0.2, 0) is 21.2 Å². The molecule has 1 aromatic heterocycles. The Hall–Kier alpha value is -1.62. The Kier molecular flexibility index (Phi) is 3.74. The molecule has 1 amide bonds. The van der Waals surface area contributed by atoms with Gasteiger partial charge in [0.05, 0.1) is 6.54 Å². The average molecular weight is 326 g/mol. The van der Waals surface area contributed by atoms with Crippen molar-refractivity contribution in [3.05, 3.63) is 18.0 Å². The van der Waals surface area contributed by atoms with Crippen LogP contribution in [0.4, 0.5) is 13.2 Å². The van der Waals surface area contributed by atoms with Crippen LogP contribution < -0.4 is 0 Å². The molecular weight excluding hydrogens is 313 g/mol. The highest BCUT2D eigenvalue weighted by molar-refractivity contribution is 7.87. The summed E-state index contributed by atoms with van der Waals surface area (Å²) in [5, 5.41) is 3.28. The number of hydrogen-bond acceptors (Lipinski definition) is 4. The van der Waals surface area contributed by atoms with Crippen LogP contribution >= 0.6 is 0 Å². The molecule has 0 radical (unpaired) electrons. The fraction of sp³-hybridized carbons (Fsp3) is 0.600. The van der Waals surface area contributed by atoms with Gasteiger partial charge in [0, 0.05) is 19.8 Å². The van der Waals surface area contributed by atoms with Gasteiger partial charge in [-0.2, -0.15) is 31.0 Å². The van der Waals surface area contributed by atoms with Gasteiger partial charge in [-0.05, 0) is 13.0 Å². The summed E-state index contributed by atoms with van der Waals surface area (Å²) in [5.41, 5.74) is -1.14. The number of halogens is 3. The van der Waals surface area contributed by atoms with Crippen LogP contribution in [0.5, 0.6) is 0 Å². The van der Waals surface area contributed by atoms with Gasteiger partial charge in [-0.3, -0.25) is 9.48 Å². The average Bonchev–Trinajstić information content (AvgIpc) is 2.94. The zero-order valence-corrected chi connectivity index (χ0v) is 12.0. The number of aromatic nitrogens is 2. The molecule has 118 valence electrons. The quantitative estimate of drug-likeness (QED) is 0.792. The van der Waals surface area contributed by atoms with Crippen LogP contribution in [0.3, 0.4) is 0 Å². The third kappa shape index (κ3) is 2.75. The second-order valence-corrected chi connectivity index (χ2v) is 6.55. The molecule has 0 saturated carbocycles. The van der Waals surface area contributed by atoms with Crippen molar-refractivity contribution in [2.75, 3.05) is 20.1 Å². The number of alkyl halides is 3. The van der Waals surface area contributed by atoms with E-state index in [-0.39, 0.29) is 13.1 Å². The van der Waals surface area contributed by atoms with Gasteiger partial charge in [0.15, 0.2) is 5.69 Å². The third-order valence-corrected chi connectivity index (χ3v) is 5.08. The number of hydrogen-bond donors (Lipinski definition) is 0. The smallest absolute Gasteiger partial charge is 0.271 e. The molecule has 21 heavy (non-hydrogen) atoms. The minimum atomic E-state index is -4.62. The molecule has 1 fully saturated rings. The molecule has 1 aromatic rings. The van der Waals surface area contributed by atoms with Gasteiger partial charge in [-0.25, -0.2) is 4.31 Å². The maximum atomic E-state index is 12.5. The Morgan fingerprint density at radius 2 is 2.00 bits per heavy atom. The van der Waals surface area contributed by atoms with E-state index in [1.807, 2.05) is 0 Å². The van der Waals surface area contributed by atoms with Crippen LogP contribution in [0.15, 0.2) is 12.3 Å². The van der Waals surface area contributed by atoms with Crippen molar-refractivity contribution >= 4 is 16.1 Å². The monoisotopic (exact) mass is 326 g/mol. The van der Waals surface area contributed by atoms with E-state index in [0.717, 1.165) is 21.3 Å². The van der Waals surface area contributed by atoms with Gasteiger partial charge in [0.25, 0.3) is 5.91 Å². The predicted octanol–water partition coefficient (Wildman–Crippen LogP) is 0.482. The molecule has 0 bridgehead atoms. The fourth-order valence-corrected chi connectivity index (χ4v) is 3.22. The van der Waals surface area contributed by atoms with E-state index in [9.17, 15) is 26.4 Å². The summed E-state index contributed by atoms with van der Waals surface area (Å²) < 4.78 is 63.6. The lowest BCUT2D eigenvalue weighted by Crippen LogP contribution is -2.39. The van der Waals surface area contributed by atoms with Crippen LogP contribution in [0.25, 0.3) is 0 Å². The second kappa shape index (κ2) is 4.98. The molecule has 1 aliphatic heterocycles. The summed E-state index contributed by atoms with van der Waals surface area (Å²) >= 11 is 0. The number of likely N-dealkylation sites (N-methyl/N-ethyl adjacent to an activating group) is 1. The van der Waals surface area contributed by atoms with Gasteiger partial charge in [0.2, 0.25) is 0 Å². The van der Waals surface area contributed by atoms with E-state index in [4.69, 9.17) is 0 Å². The van der Waals surface area contributed by atoms with E-state index in [2.05, 4.69) is 5.10 Å². The normalized spacial score (nSPS) is 20.7. The summed E-state index contributed by atoms with van der Waals surface area (Å²) in [6.07, 6.45) is -3.62. The predicted molar refractivity (Wildman–Crippen MR) is 65.2 cm³/mol. The highest BCUT2D eigenvalue weighted by Gasteiger charge is 2.40. The van der Waals surface area contributed by atoms with Crippen LogP contribution in [0.2, 0.25) is 0 Å². The largest absolute Gasteiger partial charge is 0.435 e. The van der Waals surface area contributed by atoms with Crippen LogP contribution in [0.1, 0.15) is 18.7 Å². The zero-order chi connectivity index (χ0) is 16.0. The van der Waals surface area contributed by atoms with Crippen molar-refractivity contribution in [2.24, 2.45) is 0 Å². The maximum absolute atomic E-state index is 12.5. The Morgan fingerprint density at radius 1 is 1.38 bits per heavy atom. The number of amides is 1. The van der Waals surface area contributed by atoms with Gasteiger partial charge < -0.3 is 0 Å². The van der Waals surface area contributed by atoms with Crippen molar-refractivity contribution in [1.82, 2.24) is 18.4 Å². The molecular formula is C10H13F3N4O3S. The molecule has 2 rings (SSSR count). The van der Waals surface area contributed by atoms with Crippen LogP contribution in [0, 0.1) is 0 Å². The topological polar surface area (TPSA) is 75.5 Å². The molecule has 0 aromatic carbocycles. The summed E-state index contributed by atoms with van der Waals surface area (Å²) in [6, 6.07) is -0.420. The number of carbonyl (C=O) groups excluding carboxylic acids is 1. The minimum absolute atomic E-state index is 0.0323. The molecule has 0 aliphatic carbocycles. The molecule has 11 heteroatoms. The van der Waals surface area contributed by atoms with E-state index in [1.165, 1.54) is 14.0 Å². The Bertz CT molecular complexity index is 655. The van der Waals surface area contributed by atoms with Gasteiger partial charge >= 0.3 is 16.4 Å². The Balaban J connectivity index is 2.23. The minimum Gasteiger partial charge on any atom is -0.271 e. The maximum Gasteiger partial charge on any atom is 0.435 e. The summed E-state index contributed by atoms with van der Waals surface area (Å²) in [5.74, 6) is -0.823. The van der Waals surface area contributed by atoms with E-state index in [0.29, 0.717) is 4.31 Å². The van der Waals surface area contributed by atoms with Crippen molar-refractivity contribution in [2.45, 2.75) is 19.1 Å². The second-order valence-electron chi connectivity index (χ2n) is 4.59. The Morgan fingerprint density at radius 3 is 2.43 bits per heavy atom. The number of rotatable bonds is 2. The lowest BCUT2D eigenvalue weighted by atomic mass is 10.3.